The van der Waals surface area contributed by atoms with Crippen molar-refractivity contribution in [3.05, 3.63) is 59.6 Å². The van der Waals surface area contributed by atoms with Crippen molar-refractivity contribution >= 4 is 0 Å². The lowest BCUT2D eigenvalue weighted by Crippen LogP contribution is -2.18. The largest absolute Gasteiger partial charge is 0.403 e. The minimum absolute atomic E-state index is 0.0310. The summed E-state index contributed by atoms with van der Waals surface area (Å²) in [6, 6.07) is 3.35. The number of nitrogens with zero attached hydrogens (tertiary/aromatic N) is 2. The van der Waals surface area contributed by atoms with Crippen LogP contribution < -0.4 is 5.73 Å². The predicted molar refractivity (Wildman–Crippen MR) is 67.4 cm³/mol. The fourth-order valence-electron chi connectivity index (χ4n) is 2.42. The molecule has 0 saturated carbocycles. The van der Waals surface area contributed by atoms with Crippen LogP contribution in [0.25, 0.3) is 0 Å². The number of allylic oxidation sites excluding steroid dienone is 1. The van der Waals surface area contributed by atoms with Crippen LogP contribution in [0, 0.1) is 23.0 Å². The molecule has 1 aliphatic rings. The Bertz CT molecular complexity index is 564. The molecule has 2 N–H and O–H groups in total. The van der Waals surface area contributed by atoms with Gasteiger partial charge in [-0.1, -0.05) is 6.58 Å². The minimum Gasteiger partial charge on any atom is -0.403 e. The van der Waals surface area contributed by atoms with E-state index in [0.717, 1.165) is 17.8 Å². The zero-order valence-electron chi connectivity index (χ0n) is 10.2. The molecule has 0 aliphatic carbocycles. The number of halogens is 2. The molecule has 1 atom stereocenters. The molecule has 1 unspecified atom stereocenters. The van der Waals surface area contributed by atoms with Crippen LogP contribution in [-0.2, 0) is 0 Å². The van der Waals surface area contributed by atoms with E-state index in [9.17, 15) is 8.78 Å². The highest BCUT2D eigenvalue weighted by molar-refractivity contribution is 5.37. The molecule has 0 aromatic heterocycles. The summed E-state index contributed by atoms with van der Waals surface area (Å²) in [5.41, 5.74) is 6.18. The molecule has 5 heteroatoms. The summed E-state index contributed by atoms with van der Waals surface area (Å²) < 4.78 is 28.0. The lowest BCUT2D eigenvalue weighted by atomic mass is 10.0. The fourth-order valence-corrected chi connectivity index (χ4v) is 2.42. The van der Waals surface area contributed by atoms with Crippen LogP contribution in [0.5, 0.6) is 0 Å². The van der Waals surface area contributed by atoms with E-state index < -0.39 is 17.7 Å². The van der Waals surface area contributed by atoms with Crippen molar-refractivity contribution < 1.29 is 8.78 Å². The van der Waals surface area contributed by atoms with Gasteiger partial charge in [-0.25, -0.2) is 8.78 Å². The van der Waals surface area contributed by atoms with Crippen molar-refractivity contribution in [1.82, 2.24) is 4.90 Å². The first-order valence-electron chi connectivity index (χ1n) is 5.83. The molecule has 1 aliphatic heterocycles. The Morgan fingerprint density at radius 2 is 2.05 bits per heavy atom. The smallest absolute Gasteiger partial charge is 0.132 e. The number of rotatable bonds is 2. The third kappa shape index (κ3) is 2.17. The van der Waals surface area contributed by atoms with Gasteiger partial charge in [0, 0.05) is 17.5 Å². The molecular formula is C14H13F2N3. The minimum atomic E-state index is -0.716. The van der Waals surface area contributed by atoms with Gasteiger partial charge in [-0.2, -0.15) is 5.26 Å². The zero-order chi connectivity index (χ0) is 14.0. The van der Waals surface area contributed by atoms with Gasteiger partial charge in [0.15, 0.2) is 0 Å². The highest BCUT2D eigenvalue weighted by Crippen LogP contribution is 2.40. The Hall–Kier alpha value is -2.35. The van der Waals surface area contributed by atoms with Crippen LogP contribution in [-0.4, -0.2) is 4.90 Å². The van der Waals surface area contributed by atoms with Gasteiger partial charge in [0.25, 0.3) is 0 Å². The quantitative estimate of drug-likeness (QED) is 0.890. The highest BCUT2D eigenvalue weighted by atomic mass is 19.1. The standard InChI is InChI=1S/C14H13F2N3/c1-2-19-10(8-18)3-4-13(19)14-11(15)5-9(7-17)6-12(14)16/h2,5-6,8,13H,1,3-4,18H2/b10-8-. The van der Waals surface area contributed by atoms with Crippen molar-refractivity contribution in [2.75, 3.05) is 0 Å². The van der Waals surface area contributed by atoms with Crippen molar-refractivity contribution in [3.8, 4) is 6.07 Å². The Morgan fingerprint density at radius 3 is 2.53 bits per heavy atom. The SMILES string of the molecule is C=CN1/C(=C\N)CCC1c1c(F)cc(C#N)cc1F. The van der Waals surface area contributed by atoms with E-state index in [-0.39, 0.29) is 11.1 Å². The summed E-state index contributed by atoms with van der Waals surface area (Å²) >= 11 is 0. The molecule has 98 valence electrons. The van der Waals surface area contributed by atoms with Crippen molar-refractivity contribution in [2.24, 2.45) is 5.73 Å². The molecule has 0 radical (unpaired) electrons. The van der Waals surface area contributed by atoms with E-state index in [1.807, 2.05) is 0 Å². The van der Waals surface area contributed by atoms with Gasteiger partial charge in [-0.3, -0.25) is 0 Å². The van der Waals surface area contributed by atoms with E-state index in [1.54, 1.807) is 11.0 Å². The molecule has 2 rings (SSSR count). The number of likely N-dealkylation sites (tertiary alicyclic amines) is 1. The molecule has 0 amide bonds. The molecule has 3 nitrogen and oxygen atoms in total. The highest BCUT2D eigenvalue weighted by Gasteiger charge is 2.31. The molecular weight excluding hydrogens is 248 g/mol. The number of hydrogen-bond acceptors (Lipinski definition) is 3. The van der Waals surface area contributed by atoms with Gasteiger partial charge < -0.3 is 10.6 Å². The molecule has 0 spiro atoms. The number of nitriles is 1. The summed E-state index contributed by atoms with van der Waals surface area (Å²) in [7, 11) is 0. The Balaban J connectivity index is 2.49. The van der Waals surface area contributed by atoms with Gasteiger partial charge in [0.1, 0.15) is 11.6 Å². The van der Waals surface area contributed by atoms with Crippen LogP contribution in [0.1, 0.15) is 30.0 Å². The van der Waals surface area contributed by atoms with Crippen LogP contribution in [0.15, 0.2) is 36.8 Å². The molecule has 1 aromatic carbocycles. The Kier molecular flexibility index (Phi) is 3.52. The van der Waals surface area contributed by atoms with Gasteiger partial charge in [0.2, 0.25) is 0 Å². The average Bonchev–Trinajstić information content (AvgIpc) is 2.80. The lowest BCUT2D eigenvalue weighted by molar-refractivity contribution is 0.372. The van der Waals surface area contributed by atoms with Gasteiger partial charge in [0.05, 0.1) is 17.7 Å². The second-order valence-corrected chi connectivity index (χ2v) is 4.27. The average molecular weight is 261 g/mol. The molecule has 1 fully saturated rings. The lowest BCUT2D eigenvalue weighted by Gasteiger charge is -2.24. The molecule has 0 bridgehead atoms. The summed E-state index contributed by atoms with van der Waals surface area (Å²) in [4.78, 5) is 1.66. The van der Waals surface area contributed by atoms with Crippen LogP contribution in [0.3, 0.4) is 0 Å². The number of benzene rings is 1. The third-order valence-electron chi connectivity index (χ3n) is 3.27. The van der Waals surface area contributed by atoms with Crippen molar-refractivity contribution in [3.63, 3.8) is 0 Å². The van der Waals surface area contributed by atoms with E-state index in [0.29, 0.717) is 12.8 Å². The first-order valence-corrected chi connectivity index (χ1v) is 5.83. The van der Waals surface area contributed by atoms with E-state index in [1.165, 1.54) is 12.4 Å². The summed E-state index contributed by atoms with van der Waals surface area (Å²) in [5.74, 6) is -1.43. The first-order chi connectivity index (χ1) is 9.12. The summed E-state index contributed by atoms with van der Waals surface area (Å²) in [6.07, 6.45) is 4.11. The topological polar surface area (TPSA) is 53.0 Å². The maximum absolute atomic E-state index is 14.0. The maximum atomic E-state index is 14.0. The zero-order valence-corrected chi connectivity index (χ0v) is 10.2. The van der Waals surface area contributed by atoms with Crippen molar-refractivity contribution in [2.45, 2.75) is 18.9 Å². The van der Waals surface area contributed by atoms with Gasteiger partial charge in [-0.15, -0.1) is 0 Å². The van der Waals surface area contributed by atoms with Crippen LogP contribution >= 0.6 is 0 Å². The summed E-state index contributed by atoms with van der Waals surface area (Å²) in [6.45, 7) is 3.64. The third-order valence-corrected chi connectivity index (χ3v) is 3.27. The Morgan fingerprint density at radius 1 is 1.42 bits per heavy atom. The second-order valence-electron chi connectivity index (χ2n) is 4.27. The van der Waals surface area contributed by atoms with E-state index in [4.69, 9.17) is 11.0 Å². The van der Waals surface area contributed by atoms with Gasteiger partial charge in [-0.05, 0) is 31.2 Å². The number of nitrogens with two attached hydrogens (primary N) is 1. The molecule has 19 heavy (non-hydrogen) atoms. The van der Waals surface area contributed by atoms with Crippen LogP contribution in [0.4, 0.5) is 8.78 Å². The molecule has 1 saturated heterocycles. The summed E-state index contributed by atoms with van der Waals surface area (Å²) in [5, 5.41) is 8.69. The normalized spacial score (nSPS) is 20.6. The first kappa shape index (κ1) is 13.1. The molecule has 1 aromatic rings. The van der Waals surface area contributed by atoms with E-state index in [2.05, 4.69) is 6.58 Å². The van der Waals surface area contributed by atoms with Crippen molar-refractivity contribution in [1.29, 1.82) is 5.26 Å². The second kappa shape index (κ2) is 5.11. The maximum Gasteiger partial charge on any atom is 0.132 e. The molecule has 1 heterocycles. The van der Waals surface area contributed by atoms with Gasteiger partial charge >= 0.3 is 0 Å². The fraction of sp³-hybridized carbons (Fsp3) is 0.214. The predicted octanol–water partition coefficient (Wildman–Crippen LogP) is 2.92. The Labute approximate surface area is 110 Å². The number of hydrogen-bond donors (Lipinski definition) is 1. The van der Waals surface area contributed by atoms with Crippen LogP contribution in [0.2, 0.25) is 0 Å². The monoisotopic (exact) mass is 261 g/mol. The van der Waals surface area contributed by atoms with E-state index >= 15 is 0 Å².